The average molecular weight is 316 g/mol. The van der Waals surface area contributed by atoms with Gasteiger partial charge >= 0.3 is 0 Å². The van der Waals surface area contributed by atoms with Crippen molar-refractivity contribution in [1.82, 2.24) is 25.1 Å². The van der Waals surface area contributed by atoms with Gasteiger partial charge in [0.05, 0.1) is 25.3 Å². The fraction of sp³-hybridized carbons (Fsp3) is 0.467. The third-order valence-corrected chi connectivity index (χ3v) is 3.79. The van der Waals surface area contributed by atoms with E-state index in [1.54, 1.807) is 24.7 Å². The molecule has 0 aromatic carbocycles. The summed E-state index contributed by atoms with van der Waals surface area (Å²) in [7, 11) is 0. The number of carbonyl (C=O) groups excluding carboxylic acids is 1. The van der Waals surface area contributed by atoms with E-state index in [1.165, 1.54) is 0 Å². The molecule has 3 rings (SSSR count). The van der Waals surface area contributed by atoms with Crippen LogP contribution in [-0.4, -0.2) is 52.0 Å². The normalized spacial score (nSPS) is 14.7. The molecule has 0 radical (unpaired) electrons. The number of nitrogens with one attached hydrogen (secondary N) is 1. The second-order valence-corrected chi connectivity index (χ2v) is 5.19. The molecule has 0 atom stereocenters. The van der Waals surface area contributed by atoms with Gasteiger partial charge in [0.15, 0.2) is 5.82 Å². The maximum Gasteiger partial charge on any atom is 0.255 e. The number of nitrogens with zero attached hydrogens (tertiary/aromatic N) is 5. The minimum Gasteiger partial charge on any atom is -0.378 e. The monoisotopic (exact) mass is 316 g/mol. The van der Waals surface area contributed by atoms with Gasteiger partial charge in [-0.05, 0) is 19.1 Å². The fourth-order valence-corrected chi connectivity index (χ4v) is 2.54. The van der Waals surface area contributed by atoms with Crippen molar-refractivity contribution in [2.24, 2.45) is 0 Å². The lowest BCUT2D eigenvalue weighted by Crippen LogP contribution is -2.38. The van der Waals surface area contributed by atoms with Gasteiger partial charge in [-0.1, -0.05) is 0 Å². The van der Waals surface area contributed by atoms with Crippen LogP contribution in [0.1, 0.15) is 23.1 Å². The largest absolute Gasteiger partial charge is 0.378 e. The van der Waals surface area contributed by atoms with Crippen LogP contribution in [0.15, 0.2) is 24.7 Å². The lowest BCUT2D eigenvalue weighted by molar-refractivity contribution is 0.0947. The van der Waals surface area contributed by atoms with Crippen molar-refractivity contribution >= 4 is 11.7 Å². The highest BCUT2D eigenvalue weighted by atomic mass is 16.5. The minimum absolute atomic E-state index is 0.162. The van der Waals surface area contributed by atoms with E-state index >= 15 is 0 Å². The molecule has 2 aromatic heterocycles. The van der Waals surface area contributed by atoms with Crippen LogP contribution in [0.4, 0.5) is 5.82 Å². The van der Waals surface area contributed by atoms with E-state index in [1.807, 2.05) is 11.5 Å². The first-order valence-corrected chi connectivity index (χ1v) is 7.72. The smallest absolute Gasteiger partial charge is 0.255 e. The summed E-state index contributed by atoms with van der Waals surface area (Å²) in [6.07, 6.45) is 3.36. The topological polar surface area (TPSA) is 85.2 Å². The molecule has 1 amide bonds. The van der Waals surface area contributed by atoms with Gasteiger partial charge in [-0.15, -0.1) is 10.2 Å². The Hall–Kier alpha value is -2.48. The zero-order chi connectivity index (χ0) is 16.1. The summed E-state index contributed by atoms with van der Waals surface area (Å²) in [6, 6.07) is 3.56. The number of hydrogen-bond donors (Lipinski definition) is 1. The van der Waals surface area contributed by atoms with Gasteiger partial charge in [-0.3, -0.25) is 4.79 Å². The lowest BCUT2D eigenvalue weighted by Gasteiger charge is -2.29. The Labute approximate surface area is 134 Å². The molecule has 1 aliphatic heterocycles. The molecule has 0 spiro atoms. The first-order valence-electron chi connectivity index (χ1n) is 7.72. The maximum atomic E-state index is 12.5. The summed E-state index contributed by atoms with van der Waals surface area (Å²) in [5, 5.41) is 10.8. The molecule has 2 aromatic rings. The van der Waals surface area contributed by atoms with Crippen LogP contribution in [0.2, 0.25) is 0 Å². The van der Waals surface area contributed by atoms with E-state index in [0.717, 1.165) is 25.5 Å². The first-order chi connectivity index (χ1) is 11.3. The third-order valence-electron chi connectivity index (χ3n) is 3.79. The molecular formula is C15H20N6O2. The summed E-state index contributed by atoms with van der Waals surface area (Å²) in [5.74, 6) is 1.27. The molecule has 122 valence electrons. The zero-order valence-corrected chi connectivity index (χ0v) is 13.1. The van der Waals surface area contributed by atoms with Gasteiger partial charge in [0.1, 0.15) is 12.1 Å². The number of morpholine rings is 1. The Balaban J connectivity index is 1.72. The molecular weight excluding hydrogens is 296 g/mol. The van der Waals surface area contributed by atoms with Crippen LogP contribution in [-0.2, 0) is 17.8 Å². The molecule has 0 aliphatic carbocycles. The zero-order valence-electron chi connectivity index (χ0n) is 13.1. The number of amides is 1. The van der Waals surface area contributed by atoms with Crippen molar-refractivity contribution in [3.8, 4) is 0 Å². The van der Waals surface area contributed by atoms with Crippen LogP contribution in [0.5, 0.6) is 0 Å². The van der Waals surface area contributed by atoms with Crippen molar-refractivity contribution in [2.75, 3.05) is 31.2 Å². The SMILES string of the molecule is CCn1cnnc1CNC(=O)c1cccnc1N1CCOCC1. The Morgan fingerprint density at radius 1 is 1.39 bits per heavy atom. The second-order valence-electron chi connectivity index (χ2n) is 5.19. The molecule has 1 aliphatic rings. The predicted molar refractivity (Wildman–Crippen MR) is 84.1 cm³/mol. The number of pyridine rings is 1. The minimum atomic E-state index is -0.162. The maximum absolute atomic E-state index is 12.5. The van der Waals surface area contributed by atoms with E-state index < -0.39 is 0 Å². The number of aromatic nitrogens is 4. The van der Waals surface area contributed by atoms with Crippen molar-refractivity contribution < 1.29 is 9.53 Å². The molecule has 3 heterocycles. The van der Waals surface area contributed by atoms with E-state index in [-0.39, 0.29) is 5.91 Å². The van der Waals surface area contributed by atoms with E-state index in [2.05, 4.69) is 25.4 Å². The van der Waals surface area contributed by atoms with Crippen molar-refractivity contribution in [3.05, 3.63) is 36.0 Å². The summed E-state index contributed by atoms with van der Waals surface area (Å²) < 4.78 is 7.25. The first kappa shape index (κ1) is 15.4. The molecule has 23 heavy (non-hydrogen) atoms. The molecule has 8 nitrogen and oxygen atoms in total. The van der Waals surface area contributed by atoms with Gasteiger partial charge in [0, 0.05) is 25.8 Å². The summed E-state index contributed by atoms with van der Waals surface area (Å²) in [6.45, 7) is 5.89. The number of ether oxygens (including phenoxy) is 1. The summed E-state index contributed by atoms with van der Waals surface area (Å²) in [5.41, 5.74) is 0.567. The highest BCUT2D eigenvalue weighted by Gasteiger charge is 2.20. The quantitative estimate of drug-likeness (QED) is 0.862. The number of anilines is 1. The number of rotatable bonds is 5. The van der Waals surface area contributed by atoms with Crippen LogP contribution in [0.25, 0.3) is 0 Å². The Bertz CT molecular complexity index is 665. The van der Waals surface area contributed by atoms with E-state index in [0.29, 0.717) is 31.1 Å². The standard InChI is InChI=1S/C15H20N6O2/c1-2-20-11-18-19-13(20)10-17-15(22)12-4-3-5-16-14(12)21-6-8-23-9-7-21/h3-5,11H,2,6-10H2,1H3,(H,17,22). The van der Waals surface area contributed by atoms with Crippen LogP contribution >= 0.6 is 0 Å². The molecule has 0 unspecified atom stereocenters. The molecule has 1 saturated heterocycles. The summed E-state index contributed by atoms with van der Waals surface area (Å²) in [4.78, 5) is 19.0. The third kappa shape index (κ3) is 3.48. The predicted octanol–water partition coefficient (Wildman–Crippen LogP) is 0.460. The molecule has 0 bridgehead atoms. The number of hydrogen-bond acceptors (Lipinski definition) is 6. The molecule has 1 fully saturated rings. The highest BCUT2D eigenvalue weighted by molar-refractivity contribution is 5.98. The van der Waals surface area contributed by atoms with Gasteiger partial charge in [0.2, 0.25) is 0 Å². The van der Waals surface area contributed by atoms with Crippen LogP contribution in [0.3, 0.4) is 0 Å². The molecule has 8 heteroatoms. The van der Waals surface area contributed by atoms with Gasteiger partial charge < -0.3 is 19.5 Å². The van der Waals surface area contributed by atoms with Crippen molar-refractivity contribution in [3.63, 3.8) is 0 Å². The molecule has 1 N–H and O–H groups in total. The van der Waals surface area contributed by atoms with Crippen LogP contribution in [0, 0.1) is 0 Å². The Morgan fingerprint density at radius 3 is 3.00 bits per heavy atom. The fourth-order valence-electron chi connectivity index (χ4n) is 2.54. The Kier molecular flexibility index (Phi) is 4.82. The van der Waals surface area contributed by atoms with Crippen molar-refractivity contribution in [1.29, 1.82) is 0 Å². The number of carbonyl (C=O) groups is 1. The van der Waals surface area contributed by atoms with Crippen LogP contribution < -0.4 is 10.2 Å². The Morgan fingerprint density at radius 2 is 2.22 bits per heavy atom. The number of aryl methyl sites for hydroxylation is 1. The van der Waals surface area contributed by atoms with E-state index in [9.17, 15) is 4.79 Å². The summed E-state index contributed by atoms with van der Waals surface area (Å²) >= 11 is 0. The van der Waals surface area contributed by atoms with Gasteiger partial charge in [-0.25, -0.2) is 4.98 Å². The van der Waals surface area contributed by atoms with Crippen molar-refractivity contribution in [2.45, 2.75) is 20.0 Å². The second kappa shape index (κ2) is 7.19. The van der Waals surface area contributed by atoms with Gasteiger partial charge in [-0.2, -0.15) is 0 Å². The van der Waals surface area contributed by atoms with Gasteiger partial charge in [0.25, 0.3) is 5.91 Å². The highest BCUT2D eigenvalue weighted by Crippen LogP contribution is 2.18. The van der Waals surface area contributed by atoms with E-state index in [4.69, 9.17) is 4.74 Å². The lowest BCUT2D eigenvalue weighted by atomic mass is 10.2. The molecule has 0 saturated carbocycles. The average Bonchev–Trinajstić information content (AvgIpc) is 3.08.